The van der Waals surface area contributed by atoms with Crippen LogP contribution in [0, 0.1) is 0 Å². The van der Waals surface area contributed by atoms with Gasteiger partial charge in [-0.1, -0.05) is 0 Å². The molecule has 0 radical (unpaired) electrons. The van der Waals surface area contributed by atoms with Gasteiger partial charge in [-0.25, -0.2) is 0 Å². The Hall–Kier alpha value is -2.24. The number of nitrogens with one attached hydrogen (secondary N) is 1. The fourth-order valence-corrected chi connectivity index (χ4v) is 1.58. The Morgan fingerprint density at radius 3 is 2.53 bits per heavy atom. The molecule has 1 rings (SSSR count). The lowest BCUT2D eigenvalue weighted by atomic mass is 10.1. The Morgan fingerprint density at radius 1 is 1.37 bits per heavy atom. The van der Waals surface area contributed by atoms with Gasteiger partial charge in [0.2, 0.25) is 5.91 Å². The molecule has 104 valence electrons. The molecule has 0 aliphatic carbocycles. The lowest BCUT2D eigenvalue weighted by molar-refractivity contribution is -0.130. The van der Waals surface area contributed by atoms with Crippen LogP contribution < -0.4 is 15.8 Å². The van der Waals surface area contributed by atoms with Crippen molar-refractivity contribution in [2.24, 2.45) is 0 Å². The van der Waals surface area contributed by atoms with E-state index in [1.165, 1.54) is 18.1 Å². The summed E-state index contributed by atoms with van der Waals surface area (Å²) in [5.41, 5.74) is 6.37. The molecule has 19 heavy (non-hydrogen) atoms. The van der Waals surface area contributed by atoms with E-state index in [1.807, 2.05) is 0 Å². The molecule has 1 atom stereocenters. The van der Waals surface area contributed by atoms with E-state index >= 15 is 0 Å². The van der Waals surface area contributed by atoms with Crippen molar-refractivity contribution in [2.75, 3.05) is 26.9 Å². The number of hydrogen-bond acceptors (Lipinski definition) is 4. The highest BCUT2D eigenvalue weighted by molar-refractivity contribution is 6.01. The van der Waals surface area contributed by atoms with Crippen molar-refractivity contribution in [3.8, 4) is 5.75 Å². The maximum atomic E-state index is 12.1. The minimum Gasteiger partial charge on any atom is -0.497 e. The zero-order valence-electron chi connectivity index (χ0n) is 11.6. The highest BCUT2D eigenvalue weighted by Gasteiger charge is 2.19. The smallest absolute Gasteiger partial charge is 0.254 e. The third kappa shape index (κ3) is 3.61. The molecule has 0 bridgehead atoms. The summed E-state index contributed by atoms with van der Waals surface area (Å²) in [7, 11) is 4.77. The van der Waals surface area contributed by atoms with Crippen molar-refractivity contribution >= 4 is 17.5 Å². The first-order valence-corrected chi connectivity index (χ1v) is 5.82. The summed E-state index contributed by atoms with van der Waals surface area (Å²) in [6.45, 7) is 1.62. The molecule has 1 unspecified atom stereocenters. The highest BCUT2D eigenvalue weighted by Crippen LogP contribution is 2.19. The van der Waals surface area contributed by atoms with Gasteiger partial charge in [0.15, 0.2) is 0 Å². The third-order valence-electron chi connectivity index (χ3n) is 2.66. The van der Waals surface area contributed by atoms with Gasteiger partial charge >= 0.3 is 0 Å². The SMILES string of the molecule is COc1ccc(N)c(C(=O)NC(C)C(=O)N(C)C)c1. The summed E-state index contributed by atoms with van der Waals surface area (Å²) in [5.74, 6) is -0.0557. The average Bonchev–Trinajstić information content (AvgIpc) is 2.37. The Balaban J connectivity index is 2.86. The zero-order valence-corrected chi connectivity index (χ0v) is 11.6. The molecule has 0 heterocycles. The lowest BCUT2D eigenvalue weighted by Crippen LogP contribution is -2.44. The van der Waals surface area contributed by atoms with Crippen molar-refractivity contribution < 1.29 is 14.3 Å². The maximum absolute atomic E-state index is 12.1. The first-order chi connectivity index (χ1) is 8.86. The Kier molecular flexibility index (Phi) is 4.74. The van der Waals surface area contributed by atoms with Crippen molar-refractivity contribution in [2.45, 2.75) is 13.0 Å². The minimum atomic E-state index is -0.617. The van der Waals surface area contributed by atoms with Crippen LogP contribution in [0.1, 0.15) is 17.3 Å². The second-order valence-electron chi connectivity index (χ2n) is 4.38. The summed E-state index contributed by atoms with van der Waals surface area (Å²) < 4.78 is 5.04. The normalized spacial score (nSPS) is 11.6. The summed E-state index contributed by atoms with van der Waals surface area (Å²) >= 11 is 0. The topological polar surface area (TPSA) is 84.7 Å². The van der Waals surface area contributed by atoms with E-state index < -0.39 is 11.9 Å². The van der Waals surface area contributed by atoms with Gasteiger partial charge in [-0.15, -0.1) is 0 Å². The van der Waals surface area contributed by atoms with E-state index in [-0.39, 0.29) is 11.5 Å². The lowest BCUT2D eigenvalue weighted by Gasteiger charge is -2.18. The number of methoxy groups -OCH3 is 1. The molecule has 6 heteroatoms. The largest absolute Gasteiger partial charge is 0.497 e. The van der Waals surface area contributed by atoms with E-state index in [0.717, 1.165) is 0 Å². The van der Waals surface area contributed by atoms with Crippen LogP contribution in [0.25, 0.3) is 0 Å². The predicted octanol–water partition coefficient (Wildman–Crippen LogP) is 0.484. The zero-order chi connectivity index (χ0) is 14.6. The number of ether oxygens (including phenoxy) is 1. The number of nitrogens with two attached hydrogens (primary N) is 1. The minimum absolute atomic E-state index is 0.185. The molecule has 6 nitrogen and oxygen atoms in total. The molecule has 0 spiro atoms. The molecule has 3 N–H and O–H groups in total. The molecule has 0 aromatic heterocycles. The number of likely N-dealkylation sites (N-methyl/N-ethyl adjacent to an activating group) is 1. The molecule has 2 amide bonds. The summed E-state index contributed by atoms with van der Waals surface area (Å²) in [6, 6.07) is 4.18. The van der Waals surface area contributed by atoms with Crippen molar-refractivity contribution in [1.82, 2.24) is 10.2 Å². The average molecular weight is 265 g/mol. The van der Waals surface area contributed by atoms with E-state index in [0.29, 0.717) is 11.4 Å². The van der Waals surface area contributed by atoms with Crippen LogP contribution in [0.5, 0.6) is 5.75 Å². The Labute approximate surface area is 112 Å². The van der Waals surface area contributed by atoms with Gasteiger partial charge in [0.05, 0.1) is 12.7 Å². The van der Waals surface area contributed by atoms with Gasteiger partial charge in [0.1, 0.15) is 11.8 Å². The van der Waals surface area contributed by atoms with Crippen molar-refractivity contribution in [3.05, 3.63) is 23.8 Å². The second-order valence-corrected chi connectivity index (χ2v) is 4.38. The third-order valence-corrected chi connectivity index (χ3v) is 2.66. The van der Waals surface area contributed by atoms with Crippen molar-refractivity contribution in [1.29, 1.82) is 0 Å². The Bertz CT molecular complexity index is 486. The number of carbonyl (C=O) groups is 2. The number of amides is 2. The number of anilines is 1. The first-order valence-electron chi connectivity index (χ1n) is 5.82. The molecular weight excluding hydrogens is 246 g/mol. The number of carbonyl (C=O) groups excluding carboxylic acids is 2. The van der Waals surface area contributed by atoms with E-state index in [4.69, 9.17) is 10.5 Å². The van der Waals surface area contributed by atoms with Gasteiger partial charge in [0.25, 0.3) is 5.91 Å². The summed E-state index contributed by atoms with van der Waals surface area (Å²) in [4.78, 5) is 25.1. The van der Waals surface area contributed by atoms with Crippen LogP contribution in [0.4, 0.5) is 5.69 Å². The van der Waals surface area contributed by atoms with Crippen LogP contribution in [-0.4, -0.2) is 44.0 Å². The van der Waals surface area contributed by atoms with Crippen LogP contribution in [0.3, 0.4) is 0 Å². The predicted molar refractivity (Wildman–Crippen MR) is 73.0 cm³/mol. The van der Waals surface area contributed by atoms with Gasteiger partial charge in [-0.05, 0) is 25.1 Å². The number of hydrogen-bond donors (Lipinski definition) is 2. The molecule has 1 aromatic rings. The number of nitrogen functional groups attached to an aromatic ring is 1. The summed E-state index contributed by atoms with van der Waals surface area (Å²) in [5, 5.41) is 2.60. The van der Waals surface area contributed by atoms with Crippen LogP contribution in [0.2, 0.25) is 0 Å². The summed E-state index contributed by atoms with van der Waals surface area (Å²) in [6.07, 6.45) is 0. The van der Waals surface area contributed by atoms with Gasteiger partial charge in [-0.2, -0.15) is 0 Å². The molecule has 1 aromatic carbocycles. The number of benzene rings is 1. The van der Waals surface area contributed by atoms with Crippen LogP contribution in [0.15, 0.2) is 18.2 Å². The number of nitrogens with zero attached hydrogens (tertiary/aromatic N) is 1. The van der Waals surface area contributed by atoms with Crippen LogP contribution >= 0.6 is 0 Å². The second kappa shape index (κ2) is 6.08. The van der Waals surface area contributed by atoms with E-state index in [2.05, 4.69) is 5.32 Å². The quantitative estimate of drug-likeness (QED) is 0.776. The molecule has 0 aliphatic heterocycles. The first kappa shape index (κ1) is 14.8. The molecule has 0 saturated carbocycles. The van der Waals surface area contributed by atoms with Crippen LogP contribution in [-0.2, 0) is 4.79 Å². The van der Waals surface area contributed by atoms with Gasteiger partial charge < -0.3 is 20.7 Å². The molecular formula is C13H19N3O3. The Morgan fingerprint density at radius 2 is 2.00 bits per heavy atom. The number of rotatable bonds is 4. The molecule has 0 aliphatic rings. The van der Waals surface area contributed by atoms with Gasteiger partial charge in [0, 0.05) is 19.8 Å². The highest BCUT2D eigenvalue weighted by atomic mass is 16.5. The van der Waals surface area contributed by atoms with Crippen molar-refractivity contribution in [3.63, 3.8) is 0 Å². The maximum Gasteiger partial charge on any atom is 0.254 e. The fraction of sp³-hybridized carbons (Fsp3) is 0.385. The molecule has 0 saturated heterocycles. The monoisotopic (exact) mass is 265 g/mol. The molecule has 0 fully saturated rings. The standard InChI is InChI=1S/C13H19N3O3/c1-8(13(18)16(2)3)15-12(17)10-7-9(19-4)5-6-11(10)14/h5-8H,14H2,1-4H3,(H,15,17). The van der Waals surface area contributed by atoms with Gasteiger partial charge in [-0.3, -0.25) is 9.59 Å². The van der Waals surface area contributed by atoms with E-state index in [1.54, 1.807) is 33.2 Å². The van der Waals surface area contributed by atoms with E-state index in [9.17, 15) is 9.59 Å². The fourth-order valence-electron chi connectivity index (χ4n) is 1.58.